The van der Waals surface area contributed by atoms with E-state index in [0.717, 1.165) is 32.6 Å². The van der Waals surface area contributed by atoms with Gasteiger partial charge in [-0.2, -0.15) is 0 Å². The van der Waals surface area contributed by atoms with Gasteiger partial charge in [-0.25, -0.2) is 0 Å². The minimum absolute atomic E-state index is 0.0378. The summed E-state index contributed by atoms with van der Waals surface area (Å²) in [5, 5.41) is 58.9. The summed E-state index contributed by atoms with van der Waals surface area (Å²) < 4.78 is 0. The largest absolute Gasteiger partial charge is 0.391 e. The Kier molecular flexibility index (Phi) is 31.5. The monoisotopic (exact) mass is 1130 g/mol. The van der Waals surface area contributed by atoms with Crippen molar-refractivity contribution in [3.05, 3.63) is 35.9 Å². The summed E-state index contributed by atoms with van der Waals surface area (Å²) in [6, 6.07) is -4.99. The van der Waals surface area contributed by atoms with Gasteiger partial charge >= 0.3 is 0 Å². The van der Waals surface area contributed by atoms with Crippen LogP contribution in [0.15, 0.2) is 30.3 Å². The van der Waals surface area contributed by atoms with Crippen LogP contribution in [-0.4, -0.2) is 179 Å². The Bertz CT molecular complexity index is 2210. The van der Waals surface area contributed by atoms with Gasteiger partial charge in [0.2, 0.25) is 65.3 Å². The molecule has 80 heavy (non-hydrogen) atoms. The van der Waals surface area contributed by atoms with Crippen LogP contribution in [0.4, 0.5) is 0 Å². The normalized spacial score (nSPS) is 23.2. The molecule has 1 aromatic rings. The summed E-state index contributed by atoms with van der Waals surface area (Å²) in [5.74, 6) is -10.8. The predicted octanol–water partition coefficient (Wildman–Crippen LogP) is -5.22. The number of carbonyl (C=O) groups is 11. The Morgan fingerprint density at radius 1 is 0.588 bits per heavy atom. The molecule has 450 valence electrons. The van der Waals surface area contributed by atoms with Crippen LogP contribution in [-0.2, 0) is 59.2 Å². The molecule has 1 saturated heterocycles. The van der Waals surface area contributed by atoms with Crippen LogP contribution in [0.2, 0.25) is 0 Å². The number of unbranched alkanes of at least 4 members (excludes halogenated alkanes) is 4. The van der Waals surface area contributed by atoms with E-state index in [-0.39, 0.29) is 64.1 Å². The van der Waals surface area contributed by atoms with Crippen molar-refractivity contribution < 1.29 is 68.1 Å². The van der Waals surface area contributed by atoms with Crippen LogP contribution in [0.25, 0.3) is 0 Å². The Balaban J connectivity index is 2.60. The zero-order chi connectivity index (χ0) is 60.1. The summed E-state index contributed by atoms with van der Waals surface area (Å²) >= 11 is 0. The molecule has 0 radical (unpaired) electrons. The third-order valence-electron chi connectivity index (χ3n) is 12.8. The average Bonchev–Trinajstić information content (AvgIpc) is 3.39. The molecule has 2 rings (SSSR count). The molecule has 1 heterocycles. The fourth-order valence-corrected chi connectivity index (χ4v) is 8.30. The van der Waals surface area contributed by atoms with Crippen LogP contribution in [0.1, 0.15) is 118 Å². The second kappa shape index (κ2) is 36.4. The van der Waals surface area contributed by atoms with E-state index in [4.69, 9.17) is 17.2 Å². The number of nitrogens with two attached hydrogens (primary N) is 3. The Hall–Kier alpha value is -6.85. The van der Waals surface area contributed by atoms with Crippen LogP contribution < -0.4 is 75.7 Å². The molecular formula is C52H88N14O14. The van der Waals surface area contributed by atoms with Gasteiger partial charge in [-0.15, -0.1) is 0 Å². The lowest BCUT2D eigenvalue weighted by Gasteiger charge is -2.28. The van der Waals surface area contributed by atoms with Gasteiger partial charge in [0.15, 0.2) is 0 Å². The first-order valence-electron chi connectivity index (χ1n) is 27.4. The Morgan fingerprint density at radius 3 is 1.61 bits per heavy atom. The minimum Gasteiger partial charge on any atom is -0.391 e. The van der Waals surface area contributed by atoms with E-state index in [1.54, 1.807) is 44.2 Å². The minimum atomic E-state index is -2.48. The highest BCUT2D eigenvalue weighted by Crippen LogP contribution is 2.11. The lowest BCUT2D eigenvalue weighted by molar-refractivity contribution is -0.142. The van der Waals surface area contributed by atoms with Crippen molar-refractivity contribution in [2.45, 2.75) is 191 Å². The Morgan fingerprint density at radius 2 is 1.09 bits per heavy atom. The van der Waals surface area contributed by atoms with Gasteiger partial charge in [0.1, 0.15) is 54.4 Å². The van der Waals surface area contributed by atoms with Crippen LogP contribution in [0.3, 0.4) is 0 Å². The number of nitrogens with one attached hydrogen (secondary N) is 11. The molecule has 1 aromatic carbocycles. The molecule has 20 N–H and O–H groups in total. The van der Waals surface area contributed by atoms with Crippen LogP contribution >= 0.6 is 0 Å². The van der Waals surface area contributed by atoms with Gasteiger partial charge in [0, 0.05) is 19.4 Å². The first-order chi connectivity index (χ1) is 37.9. The predicted molar refractivity (Wildman–Crippen MR) is 292 cm³/mol. The van der Waals surface area contributed by atoms with Crippen LogP contribution in [0.5, 0.6) is 0 Å². The van der Waals surface area contributed by atoms with E-state index < -0.39 is 151 Å². The van der Waals surface area contributed by atoms with Crippen molar-refractivity contribution in [3.8, 4) is 0 Å². The standard InChI is InChI=1S/C52H88N14O14/c1-7-8-9-10-14-17-39(69)57-29(4)42(70)64-41(31(6)68)50(78)66-52(80)51(79)61-36-21-25-56-49(77)40(30(5)67)65-46(74)35(20-24-55)59-43(71)33(18-22-53)60-47(75)37(26-28(2)3)62-48(76)38(27-32-15-12-11-13-16-32)63-44(72)34(19-23-54)58-45(36)73/h11-13,15-16,28-31,33-38,40-41,52,67-68,80H,7-10,14,17-27,53-55H2,1-6H3,(H,56,77)(H,57,69)(H,58,73)(H,59,71)(H,60,75)(H,61,79)(H,62,76)(H,63,72)(H,64,70)(H,65,74)(H,66,78)/t29-,30+,31+,33-,34-,35-,36-,37-,38+,40-,41-,52-/m0/s1. The molecule has 1 aliphatic rings. The summed E-state index contributed by atoms with van der Waals surface area (Å²) in [5.41, 5.74) is 18.1. The van der Waals surface area contributed by atoms with Crippen molar-refractivity contribution >= 4 is 65.0 Å². The van der Waals surface area contributed by atoms with Crippen molar-refractivity contribution in [1.82, 2.24) is 58.5 Å². The van der Waals surface area contributed by atoms with E-state index in [1.807, 2.05) is 5.32 Å². The number of hydrogen-bond acceptors (Lipinski definition) is 17. The fraction of sp³-hybridized carbons (Fsp3) is 0.673. The average molecular weight is 1130 g/mol. The number of benzene rings is 1. The van der Waals surface area contributed by atoms with Crippen molar-refractivity contribution in [2.24, 2.45) is 23.1 Å². The lowest BCUT2D eigenvalue weighted by Crippen LogP contribution is -2.61. The molecule has 0 aromatic heterocycles. The maximum absolute atomic E-state index is 14.3. The second-order valence-electron chi connectivity index (χ2n) is 20.3. The Labute approximate surface area is 466 Å². The summed E-state index contributed by atoms with van der Waals surface area (Å²) in [6.45, 7) is 8.27. The number of aliphatic hydroxyl groups excluding tert-OH is 3. The van der Waals surface area contributed by atoms with Crippen LogP contribution in [0, 0.1) is 5.92 Å². The second-order valence-corrected chi connectivity index (χ2v) is 20.3. The molecular weight excluding hydrogens is 1040 g/mol. The summed E-state index contributed by atoms with van der Waals surface area (Å²) in [7, 11) is 0. The summed E-state index contributed by atoms with van der Waals surface area (Å²) in [4.78, 5) is 151. The zero-order valence-corrected chi connectivity index (χ0v) is 46.8. The molecule has 0 unspecified atom stereocenters. The van der Waals surface area contributed by atoms with Gasteiger partial charge in [-0.3, -0.25) is 52.7 Å². The molecule has 1 fully saturated rings. The van der Waals surface area contributed by atoms with E-state index in [0.29, 0.717) is 12.0 Å². The van der Waals surface area contributed by atoms with Gasteiger partial charge in [-0.05, 0) is 90.4 Å². The number of amides is 11. The molecule has 28 nitrogen and oxygen atoms in total. The molecule has 12 atom stereocenters. The third-order valence-corrected chi connectivity index (χ3v) is 12.8. The maximum atomic E-state index is 14.3. The van der Waals surface area contributed by atoms with Crippen molar-refractivity contribution in [2.75, 3.05) is 26.2 Å². The van der Waals surface area contributed by atoms with E-state index >= 15 is 0 Å². The molecule has 11 amide bonds. The molecule has 0 saturated carbocycles. The quantitative estimate of drug-likeness (QED) is 0.0321. The van der Waals surface area contributed by atoms with E-state index in [2.05, 4.69) is 60.1 Å². The maximum Gasteiger partial charge on any atom is 0.270 e. The molecule has 0 aliphatic carbocycles. The van der Waals surface area contributed by atoms with Crippen molar-refractivity contribution in [3.63, 3.8) is 0 Å². The number of carbonyl (C=O) groups excluding carboxylic acids is 11. The molecule has 0 bridgehead atoms. The zero-order valence-electron chi connectivity index (χ0n) is 46.8. The highest BCUT2D eigenvalue weighted by Gasteiger charge is 2.37. The number of hydrogen-bond donors (Lipinski definition) is 17. The van der Waals surface area contributed by atoms with Gasteiger partial charge < -0.3 is 91.0 Å². The van der Waals surface area contributed by atoms with E-state index in [9.17, 15) is 68.1 Å². The topological polar surface area (TPSA) is 459 Å². The molecule has 0 spiro atoms. The SMILES string of the molecule is CCCCCCCC(=O)N[C@@H](C)C(=O)N[C@H](C(=O)N[C@@H](O)C(=O)N[C@H]1CCNC(=O)[C@H]([C@@H](C)O)NC(=O)[C@H](CCN)NC(=O)[C@H](CCN)NC(=O)[C@H](CC(C)C)NC(=O)[C@@H](Cc2ccccc2)NC(=O)[C@H](CCN)NC1=O)[C@@H](C)O. The molecule has 28 heteroatoms. The first kappa shape index (κ1) is 69.3. The van der Waals surface area contributed by atoms with Crippen molar-refractivity contribution in [1.29, 1.82) is 0 Å². The third kappa shape index (κ3) is 24.7. The van der Waals surface area contributed by atoms with Gasteiger partial charge in [0.25, 0.3) is 5.91 Å². The van der Waals surface area contributed by atoms with Gasteiger partial charge in [0.05, 0.1) is 12.2 Å². The van der Waals surface area contributed by atoms with E-state index in [1.165, 1.54) is 13.8 Å². The highest BCUT2D eigenvalue weighted by atomic mass is 16.3. The summed E-state index contributed by atoms with van der Waals surface area (Å²) in [6.07, 6.45) is -2.33. The number of rotatable bonds is 25. The first-order valence-corrected chi connectivity index (χ1v) is 27.4. The fourth-order valence-electron chi connectivity index (χ4n) is 8.30. The van der Waals surface area contributed by atoms with Gasteiger partial charge in [-0.1, -0.05) is 76.8 Å². The smallest absolute Gasteiger partial charge is 0.270 e. The molecule has 1 aliphatic heterocycles. The highest BCUT2D eigenvalue weighted by molar-refractivity contribution is 5.99. The number of aliphatic hydroxyl groups is 3. The lowest BCUT2D eigenvalue weighted by atomic mass is 10.00.